The third-order valence-corrected chi connectivity index (χ3v) is 21.9. The van der Waals surface area contributed by atoms with Crippen LogP contribution in [0.3, 0.4) is 0 Å². The summed E-state index contributed by atoms with van der Waals surface area (Å²) in [5, 5.41) is 34.2. The van der Waals surface area contributed by atoms with Crippen molar-refractivity contribution in [3.63, 3.8) is 0 Å². The van der Waals surface area contributed by atoms with Gasteiger partial charge in [-0.25, -0.2) is 0 Å². The molecular weight excluding hydrogens is 1670 g/mol. The molecule has 758 valence electrons. The van der Waals surface area contributed by atoms with Crippen LogP contribution >= 0.6 is 0 Å². The van der Waals surface area contributed by atoms with Crippen molar-refractivity contribution < 1.29 is 67.0 Å². The molecule has 0 aromatic rings. The van der Waals surface area contributed by atoms with Crippen LogP contribution in [0.5, 0.6) is 0 Å². The van der Waals surface area contributed by atoms with Crippen molar-refractivity contribution in [2.75, 3.05) is 275 Å². The third kappa shape index (κ3) is 84.0. The number of ether oxygens (including phenoxy) is 2. The fourth-order valence-electron chi connectivity index (χ4n) is 14.2. The number of carbonyl (C=O) groups excluding carboxylic acids is 12. The van der Waals surface area contributed by atoms with Crippen LogP contribution < -0.4 is 110 Å². The number of nitrogens with two attached hydrogens (primary N) is 8. The summed E-state index contributed by atoms with van der Waals surface area (Å²) >= 11 is 0. The van der Waals surface area contributed by atoms with E-state index in [9.17, 15) is 57.5 Å². The number of unbranched alkanes of at least 4 members (excludes halogenated alkanes) is 21. The second kappa shape index (κ2) is 92.4. The van der Waals surface area contributed by atoms with E-state index in [2.05, 4.69) is 73.6 Å². The van der Waals surface area contributed by atoms with E-state index in [0.717, 1.165) is 129 Å². The third-order valence-electron chi connectivity index (χ3n) is 21.9. The van der Waals surface area contributed by atoms with Gasteiger partial charge in [0.25, 0.3) is 0 Å². The number of amides is 12. The topological polar surface area (TPSA) is 595 Å². The lowest BCUT2D eigenvalue weighted by Crippen LogP contribution is -2.41. The number of carbonyl (C=O) groups is 12. The van der Waals surface area contributed by atoms with Crippen molar-refractivity contribution in [2.24, 2.45) is 45.9 Å². The van der Waals surface area contributed by atoms with Crippen molar-refractivity contribution in [1.29, 1.82) is 0 Å². The van der Waals surface area contributed by atoms with Crippen LogP contribution in [0.1, 0.15) is 231 Å². The molecule has 0 saturated heterocycles. The quantitative estimate of drug-likeness (QED) is 0.0291. The molecule has 40 nitrogen and oxygen atoms in total. The molecule has 0 saturated carbocycles. The average molecular weight is 1850 g/mol. The lowest BCUT2D eigenvalue weighted by molar-refractivity contribution is -0.123. The highest BCUT2D eigenvalue weighted by molar-refractivity contribution is 5.80. The van der Waals surface area contributed by atoms with Gasteiger partial charge < -0.3 is 149 Å². The zero-order valence-electron chi connectivity index (χ0n) is 80.2. The maximum absolute atomic E-state index is 13.3. The van der Waals surface area contributed by atoms with Crippen LogP contribution in [0, 0.1) is 0 Å². The predicted molar refractivity (Wildman–Crippen MR) is 515 cm³/mol. The molecule has 0 bridgehead atoms. The summed E-state index contributed by atoms with van der Waals surface area (Å²) in [7, 11) is 0. The molecule has 0 aromatic heterocycles. The van der Waals surface area contributed by atoms with Crippen LogP contribution in [0.4, 0.5) is 0 Å². The predicted octanol–water partition coefficient (Wildman–Crippen LogP) is -2.06. The summed E-state index contributed by atoms with van der Waals surface area (Å²) in [4.78, 5) is 164. The Morgan fingerprint density at radius 1 is 0.146 bits per heavy atom. The molecule has 0 aliphatic heterocycles. The summed E-state index contributed by atoms with van der Waals surface area (Å²) in [5.74, 6) is -1.61. The van der Waals surface area contributed by atoms with Crippen molar-refractivity contribution in [2.45, 2.75) is 231 Å². The fourth-order valence-corrected chi connectivity index (χ4v) is 14.2. The van der Waals surface area contributed by atoms with Crippen molar-refractivity contribution in [1.82, 2.24) is 93.2 Å². The van der Waals surface area contributed by atoms with E-state index >= 15 is 0 Å². The van der Waals surface area contributed by atoms with Gasteiger partial charge in [-0.3, -0.25) is 57.5 Å². The first-order chi connectivity index (χ1) is 63.2. The first-order valence-electron chi connectivity index (χ1n) is 49.5. The summed E-state index contributed by atoms with van der Waals surface area (Å²) in [6.07, 6.45) is 29.9. The van der Waals surface area contributed by atoms with E-state index in [1.54, 1.807) is 0 Å². The Labute approximate surface area is 779 Å². The van der Waals surface area contributed by atoms with Gasteiger partial charge in [0.2, 0.25) is 70.9 Å². The van der Waals surface area contributed by atoms with E-state index in [-0.39, 0.29) is 148 Å². The minimum Gasteiger partial charge on any atom is -0.381 e. The van der Waals surface area contributed by atoms with Gasteiger partial charge in [0.1, 0.15) is 0 Å². The van der Waals surface area contributed by atoms with E-state index < -0.39 is 0 Å². The summed E-state index contributed by atoms with van der Waals surface area (Å²) < 4.78 is 12.0. The molecule has 0 unspecified atom stereocenters. The van der Waals surface area contributed by atoms with E-state index in [1.807, 2.05) is 19.6 Å². The van der Waals surface area contributed by atoms with Gasteiger partial charge in [-0.05, 0) is 51.6 Å². The molecule has 0 heterocycles. The van der Waals surface area contributed by atoms with Crippen molar-refractivity contribution in [3.8, 4) is 0 Å². The first-order valence-corrected chi connectivity index (χ1v) is 49.5. The zero-order valence-corrected chi connectivity index (χ0v) is 80.2. The van der Waals surface area contributed by atoms with E-state index in [1.165, 1.54) is 64.2 Å². The monoisotopic (exact) mass is 1850 g/mol. The molecule has 28 N–H and O–H groups in total. The van der Waals surface area contributed by atoms with Crippen LogP contribution in [0.25, 0.3) is 0 Å². The van der Waals surface area contributed by atoms with Crippen LogP contribution in [0.2, 0.25) is 0 Å². The Bertz CT molecular complexity index is 2410. The molecule has 40 heteroatoms. The average Bonchev–Trinajstić information content (AvgIpc) is 0.953. The van der Waals surface area contributed by atoms with Crippen LogP contribution in [-0.4, -0.2) is 375 Å². The highest BCUT2D eigenvalue weighted by atomic mass is 16.5. The Hall–Kier alpha value is -7.00. The van der Waals surface area contributed by atoms with Gasteiger partial charge in [-0.2, -0.15) is 0 Å². The van der Waals surface area contributed by atoms with Gasteiger partial charge >= 0.3 is 0 Å². The fraction of sp³-hybridized carbons (Fsp3) is 0.867. The SMILES string of the molecule is NCCNC(=O)CCN(CCNC(=O)CCN(CCCCCCCCCCOCCCCCCCCCCOCCCCCCCCCCN(CCC(=O)NCCN(CCC(=O)NCCN)CCC(=O)NCCN)CCC(=O)NCCN(CCC(=O)NCCN)CCC(=O)NCCN)CCC(=O)NCCN(CCC(=O)NCCN)CCC(=O)NCCN)CCC(=O)NCCN. The number of hydrogen-bond donors (Lipinski definition) is 20. The van der Waals surface area contributed by atoms with Gasteiger partial charge in [0.05, 0.1) is 0 Å². The van der Waals surface area contributed by atoms with E-state index in [0.29, 0.717) is 236 Å². The van der Waals surface area contributed by atoms with E-state index in [4.69, 9.17) is 55.3 Å². The number of nitrogens with one attached hydrogen (secondary N) is 12. The minimum atomic E-state index is -0.137. The standard InChI is InChI=1S/C90H184N26O14/c91-37-45-99-79(117)29-63-113(64-30-80(118)100-46-38-92)71-53-107-87(125)25-59-111(60-26-88(126)108-54-72-114(65-31-81(119)101-47-39-93)66-32-82(120)102-48-40-94)57-19-13-7-1-3-9-15-21-75-129-77-23-17-11-5-6-12-18-24-78-130-76-22-16-10-4-2-8-14-20-58-112(61-27-89(127)109-55-73-115(67-33-83(121)103-49-41-95)68-34-84(122)104-50-42-96)62-28-90(128)110-56-74-116(69-35-85(123)105-51-43-97)70-36-86(124)106-52-44-98/h1-78,91-98H2,(H,99,117)(H,100,118)(H,101,119)(H,102,120)(H,103,121)(H,104,122)(H,105,123)(H,106,124)(H,107,125)(H,108,126)(H,109,127)(H,110,128). The van der Waals surface area contributed by atoms with Crippen LogP contribution in [-0.2, 0) is 67.0 Å². The Morgan fingerprint density at radius 2 is 0.262 bits per heavy atom. The van der Waals surface area contributed by atoms with Gasteiger partial charge in [0.15, 0.2) is 0 Å². The molecule has 130 heavy (non-hydrogen) atoms. The van der Waals surface area contributed by atoms with Crippen LogP contribution in [0.15, 0.2) is 0 Å². The molecule has 12 amide bonds. The first kappa shape index (κ1) is 123. The summed E-state index contributed by atoms with van der Waals surface area (Å²) in [6, 6.07) is 0. The molecule has 0 atom stereocenters. The molecule has 0 rings (SSSR count). The van der Waals surface area contributed by atoms with Crippen molar-refractivity contribution in [3.05, 3.63) is 0 Å². The normalized spacial score (nSPS) is 11.4. The van der Waals surface area contributed by atoms with Gasteiger partial charge in [-0.1, -0.05) is 116 Å². The zero-order chi connectivity index (χ0) is 95.4. The maximum Gasteiger partial charge on any atom is 0.221 e. The maximum atomic E-state index is 13.3. The second-order valence-corrected chi connectivity index (χ2v) is 33.3. The molecule has 0 spiro atoms. The minimum absolute atomic E-state index is 0.129. The highest BCUT2D eigenvalue weighted by Crippen LogP contribution is 2.15. The van der Waals surface area contributed by atoms with Crippen molar-refractivity contribution >= 4 is 70.9 Å². The lowest BCUT2D eigenvalue weighted by atomic mass is 10.1. The van der Waals surface area contributed by atoms with Gasteiger partial charge in [0, 0.05) is 339 Å². The Balaban J connectivity index is 4.86. The molecule has 0 aromatic carbocycles. The molecule has 0 fully saturated rings. The molecule has 0 aliphatic carbocycles. The second-order valence-electron chi connectivity index (χ2n) is 33.3. The number of rotatable bonds is 97. The number of nitrogens with zero attached hydrogens (tertiary/aromatic N) is 6. The largest absolute Gasteiger partial charge is 0.381 e. The molecular formula is C90H184N26O14. The summed E-state index contributed by atoms with van der Waals surface area (Å²) in [6.45, 7) is 18.6. The Morgan fingerprint density at radius 3 is 0.400 bits per heavy atom. The lowest BCUT2D eigenvalue weighted by Gasteiger charge is -2.24. The Kier molecular flexibility index (Phi) is 87.5. The molecule has 0 aliphatic rings. The van der Waals surface area contributed by atoms with Gasteiger partial charge in [-0.15, -0.1) is 0 Å². The smallest absolute Gasteiger partial charge is 0.221 e. The molecule has 0 radical (unpaired) electrons. The highest BCUT2D eigenvalue weighted by Gasteiger charge is 2.20. The summed E-state index contributed by atoms with van der Waals surface area (Å²) in [5.41, 5.74) is 44.4. The number of hydrogen-bond acceptors (Lipinski definition) is 28.